The maximum Gasteiger partial charge on any atom is 0.322 e. The minimum atomic E-state index is -1.10. The summed E-state index contributed by atoms with van der Waals surface area (Å²) < 4.78 is 0. The van der Waals surface area contributed by atoms with Gasteiger partial charge < -0.3 is 10.4 Å². The summed E-state index contributed by atoms with van der Waals surface area (Å²) >= 11 is 1.05. The molecule has 2 N–H and O–H groups in total. The van der Waals surface area contributed by atoms with Crippen LogP contribution >= 0.6 is 11.8 Å². The number of carbonyl (C=O) groups excluding carboxylic acids is 2. The topological polar surface area (TPSA) is 83.5 Å². The van der Waals surface area contributed by atoms with E-state index >= 15 is 0 Å². The first kappa shape index (κ1) is 16.8. The van der Waals surface area contributed by atoms with Crippen LogP contribution < -0.4 is 5.32 Å². The van der Waals surface area contributed by atoms with Crippen molar-refractivity contribution in [3.8, 4) is 0 Å². The standard InChI is InChI=1S/C17H15NO4S/c19-15(18-11-16(20)21)10-13-8-4-5-9-14(13)23-17(22)12-6-2-1-3-7-12/h1-9H,10-11H2,(H,18,19)(H,20,21). The normalized spacial score (nSPS) is 10.1. The highest BCUT2D eigenvalue weighted by Gasteiger charge is 2.13. The van der Waals surface area contributed by atoms with Crippen molar-refractivity contribution >= 4 is 28.8 Å². The van der Waals surface area contributed by atoms with Crippen molar-refractivity contribution in [2.24, 2.45) is 0 Å². The minimum absolute atomic E-state index is 0.0263. The number of carbonyl (C=O) groups is 3. The van der Waals surface area contributed by atoms with Gasteiger partial charge in [0.1, 0.15) is 6.54 Å². The highest BCUT2D eigenvalue weighted by molar-refractivity contribution is 8.14. The van der Waals surface area contributed by atoms with Crippen molar-refractivity contribution in [3.05, 3.63) is 65.7 Å². The number of thioether (sulfide) groups is 1. The minimum Gasteiger partial charge on any atom is -0.480 e. The first-order chi connectivity index (χ1) is 11.1. The molecule has 5 nitrogen and oxygen atoms in total. The molecule has 0 aliphatic rings. The highest BCUT2D eigenvalue weighted by Crippen LogP contribution is 2.26. The summed E-state index contributed by atoms with van der Waals surface area (Å²) in [5.74, 6) is -1.49. The zero-order chi connectivity index (χ0) is 16.7. The third-order valence-electron chi connectivity index (χ3n) is 2.97. The van der Waals surface area contributed by atoms with Crippen molar-refractivity contribution < 1.29 is 19.5 Å². The van der Waals surface area contributed by atoms with Crippen molar-refractivity contribution in [3.63, 3.8) is 0 Å². The molecule has 0 bridgehead atoms. The zero-order valence-corrected chi connectivity index (χ0v) is 13.0. The van der Waals surface area contributed by atoms with Gasteiger partial charge in [-0.25, -0.2) is 0 Å². The molecule has 0 heterocycles. The van der Waals surface area contributed by atoms with Crippen molar-refractivity contribution in [2.75, 3.05) is 6.54 Å². The van der Waals surface area contributed by atoms with E-state index in [0.29, 0.717) is 16.0 Å². The number of carboxylic acids is 1. The number of hydrogen-bond donors (Lipinski definition) is 2. The average Bonchev–Trinajstić information content (AvgIpc) is 2.55. The Hall–Kier alpha value is -2.60. The molecule has 0 saturated carbocycles. The molecule has 118 valence electrons. The molecule has 23 heavy (non-hydrogen) atoms. The summed E-state index contributed by atoms with van der Waals surface area (Å²) in [4.78, 5) is 35.2. The van der Waals surface area contributed by atoms with Crippen LogP contribution in [0.1, 0.15) is 15.9 Å². The van der Waals surface area contributed by atoms with E-state index in [1.165, 1.54) is 0 Å². The Morgan fingerprint density at radius 1 is 0.957 bits per heavy atom. The van der Waals surface area contributed by atoms with Gasteiger partial charge >= 0.3 is 5.97 Å². The van der Waals surface area contributed by atoms with Crippen molar-refractivity contribution in [1.82, 2.24) is 5.32 Å². The summed E-state index contributed by atoms with van der Waals surface area (Å²) in [6.45, 7) is -0.420. The number of benzene rings is 2. The predicted octanol–water partition coefficient (Wildman–Crippen LogP) is 2.36. The van der Waals surface area contributed by atoms with Gasteiger partial charge in [-0.2, -0.15) is 0 Å². The molecule has 0 aromatic heterocycles. The van der Waals surface area contributed by atoms with E-state index in [1.807, 2.05) is 6.07 Å². The first-order valence-corrected chi connectivity index (χ1v) is 7.71. The lowest BCUT2D eigenvalue weighted by Gasteiger charge is -2.08. The second-order valence-electron chi connectivity index (χ2n) is 4.71. The summed E-state index contributed by atoms with van der Waals surface area (Å²) in [5.41, 5.74) is 1.27. The molecule has 0 saturated heterocycles. The number of amides is 1. The van der Waals surface area contributed by atoms with Gasteiger partial charge in [-0.1, -0.05) is 48.5 Å². The van der Waals surface area contributed by atoms with Crippen LogP contribution in [-0.2, 0) is 16.0 Å². The summed E-state index contributed by atoms with van der Waals surface area (Å²) in [5, 5.41) is 10.8. The summed E-state index contributed by atoms with van der Waals surface area (Å²) in [7, 11) is 0. The van der Waals surface area contributed by atoms with Crippen LogP contribution in [0.5, 0.6) is 0 Å². The molecule has 0 unspecified atom stereocenters. The Bertz CT molecular complexity index is 716. The number of aliphatic carboxylic acids is 1. The molecule has 0 spiro atoms. The SMILES string of the molecule is O=C(O)CNC(=O)Cc1ccccc1SC(=O)c1ccccc1. The largest absolute Gasteiger partial charge is 0.480 e. The van der Waals surface area contributed by atoms with E-state index in [1.54, 1.807) is 48.5 Å². The quantitative estimate of drug-likeness (QED) is 0.795. The number of rotatable bonds is 6. The van der Waals surface area contributed by atoms with Crippen LogP contribution in [0.4, 0.5) is 0 Å². The molecule has 0 atom stereocenters. The lowest BCUT2D eigenvalue weighted by Crippen LogP contribution is -2.30. The Morgan fingerprint density at radius 2 is 1.61 bits per heavy atom. The smallest absolute Gasteiger partial charge is 0.322 e. The lowest BCUT2D eigenvalue weighted by atomic mass is 10.1. The third kappa shape index (κ3) is 5.27. The maximum atomic E-state index is 12.3. The monoisotopic (exact) mass is 329 g/mol. The van der Waals surface area contributed by atoms with Crippen LogP contribution in [0.3, 0.4) is 0 Å². The van der Waals surface area contributed by atoms with Gasteiger partial charge in [0.2, 0.25) is 11.0 Å². The molecule has 6 heteroatoms. The van der Waals surface area contributed by atoms with Gasteiger partial charge in [-0.05, 0) is 23.4 Å². The van der Waals surface area contributed by atoms with E-state index in [2.05, 4.69) is 5.32 Å². The van der Waals surface area contributed by atoms with E-state index in [0.717, 1.165) is 11.8 Å². The van der Waals surface area contributed by atoms with Crippen LogP contribution in [0.15, 0.2) is 59.5 Å². The molecule has 0 radical (unpaired) electrons. The van der Waals surface area contributed by atoms with Crippen LogP contribution in [-0.4, -0.2) is 28.6 Å². The molecule has 2 rings (SSSR count). The van der Waals surface area contributed by atoms with E-state index < -0.39 is 18.4 Å². The van der Waals surface area contributed by atoms with Crippen LogP contribution in [0, 0.1) is 0 Å². The van der Waals surface area contributed by atoms with Gasteiger partial charge in [0, 0.05) is 10.5 Å². The Labute approximate surface area is 137 Å². The fourth-order valence-corrected chi connectivity index (χ4v) is 2.76. The Balaban J connectivity index is 2.07. The van der Waals surface area contributed by atoms with Gasteiger partial charge in [0.15, 0.2) is 0 Å². The third-order valence-corrected chi connectivity index (χ3v) is 4.01. The van der Waals surface area contributed by atoms with Crippen molar-refractivity contribution in [2.45, 2.75) is 11.3 Å². The van der Waals surface area contributed by atoms with Gasteiger partial charge in [0.05, 0.1) is 6.42 Å². The van der Waals surface area contributed by atoms with Crippen LogP contribution in [0.25, 0.3) is 0 Å². The van der Waals surface area contributed by atoms with E-state index in [4.69, 9.17) is 5.11 Å². The number of carboxylic acid groups (broad SMARTS) is 1. The predicted molar refractivity (Wildman–Crippen MR) is 87.4 cm³/mol. The fraction of sp³-hybridized carbons (Fsp3) is 0.118. The van der Waals surface area contributed by atoms with Gasteiger partial charge in [-0.15, -0.1) is 0 Å². The molecular formula is C17H15NO4S. The van der Waals surface area contributed by atoms with Crippen molar-refractivity contribution in [1.29, 1.82) is 0 Å². The molecule has 0 fully saturated rings. The first-order valence-electron chi connectivity index (χ1n) is 6.90. The summed E-state index contributed by atoms with van der Waals surface area (Å²) in [6, 6.07) is 16.0. The second kappa shape index (κ2) is 8.14. The van der Waals surface area contributed by atoms with Gasteiger partial charge in [0.25, 0.3) is 0 Å². The highest BCUT2D eigenvalue weighted by atomic mass is 32.2. The molecule has 2 aromatic rings. The number of nitrogens with one attached hydrogen (secondary N) is 1. The molecule has 2 aromatic carbocycles. The zero-order valence-electron chi connectivity index (χ0n) is 12.2. The lowest BCUT2D eigenvalue weighted by molar-refractivity contribution is -0.137. The molecule has 0 aliphatic carbocycles. The Morgan fingerprint density at radius 3 is 2.30 bits per heavy atom. The molecular weight excluding hydrogens is 314 g/mol. The summed E-state index contributed by atoms with van der Waals surface area (Å²) in [6.07, 6.45) is 0.0263. The number of hydrogen-bond acceptors (Lipinski definition) is 4. The fourth-order valence-electron chi connectivity index (χ4n) is 1.89. The molecule has 1 amide bonds. The van der Waals surface area contributed by atoms with E-state index in [-0.39, 0.29) is 11.5 Å². The second-order valence-corrected chi connectivity index (χ2v) is 5.73. The van der Waals surface area contributed by atoms with Gasteiger partial charge in [-0.3, -0.25) is 14.4 Å². The van der Waals surface area contributed by atoms with E-state index in [9.17, 15) is 14.4 Å². The molecule has 0 aliphatic heterocycles. The maximum absolute atomic E-state index is 12.3. The Kier molecular flexibility index (Phi) is 5.94. The van der Waals surface area contributed by atoms with Crippen LogP contribution in [0.2, 0.25) is 0 Å². The average molecular weight is 329 g/mol.